The molecule has 0 saturated carbocycles. The highest BCUT2D eigenvalue weighted by Crippen LogP contribution is 2.28. The average Bonchev–Trinajstić information content (AvgIpc) is 3.10. The average molecular weight is 617 g/mol. The number of benzene rings is 3. The Balaban J connectivity index is 1.14. The van der Waals surface area contributed by atoms with Crippen LogP contribution in [-0.4, -0.2) is 108 Å². The molecule has 11 heteroatoms. The molecular formula is C34H40N4O7. The number of methoxy groups -OCH3 is 2. The number of esters is 2. The Morgan fingerprint density at radius 3 is 1.98 bits per heavy atom. The normalized spacial score (nSPS) is 16.1. The summed E-state index contributed by atoms with van der Waals surface area (Å²) >= 11 is 0. The van der Waals surface area contributed by atoms with Crippen LogP contribution in [0.25, 0.3) is 0 Å². The highest BCUT2D eigenvalue weighted by Gasteiger charge is 2.23. The van der Waals surface area contributed by atoms with Gasteiger partial charge in [0.2, 0.25) is 0 Å². The highest BCUT2D eigenvalue weighted by molar-refractivity contribution is 5.99. The number of hydrogen-bond donors (Lipinski definition) is 1. The Hall–Kier alpha value is -4.45. The predicted molar refractivity (Wildman–Crippen MR) is 170 cm³/mol. The number of rotatable bonds is 10. The minimum atomic E-state index is -0.619. The standard InChI is InChI=1S/C34H40N4O7/c1-42-32(39)27-22-28(33(40)43-2)24-29(23-27)35-34(41)38-14-12-36(13-15-38)16-21-45-31(25-6-4-3-5-7-25)26-8-10-30(11-9-26)37-17-19-44-20-18-37/h3-11,22-24,31H,12-21H2,1-2H3,(H,35,41). The second-order valence-corrected chi connectivity index (χ2v) is 10.9. The van der Waals surface area contributed by atoms with Crippen LogP contribution in [0.4, 0.5) is 16.2 Å². The second-order valence-electron chi connectivity index (χ2n) is 10.9. The number of amides is 2. The van der Waals surface area contributed by atoms with E-state index in [1.165, 1.54) is 38.1 Å². The van der Waals surface area contributed by atoms with Crippen molar-refractivity contribution in [3.63, 3.8) is 0 Å². The molecule has 2 aliphatic heterocycles. The van der Waals surface area contributed by atoms with Gasteiger partial charge in [-0.1, -0.05) is 42.5 Å². The number of nitrogens with one attached hydrogen (secondary N) is 1. The number of piperazine rings is 1. The lowest BCUT2D eigenvalue weighted by atomic mass is 10.0. The first kappa shape index (κ1) is 32.0. The van der Waals surface area contributed by atoms with Gasteiger partial charge in [-0.15, -0.1) is 0 Å². The van der Waals surface area contributed by atoms with Crippen molar-refractivity contribution in [3.05, 3.63) is 95.1 Å². The molecule has 1 N–H and O–H groups in total. The molecule has 1 unspecified atom stereocenters. The minimum absolute atomic E-state index is 0.141. The van der Waals surface area contributed by atoms with E-state index in [9.17, 15) is 14.4 Å². The molecule has 0 radical (unpaired) electrons. The molecule has 2 aliphatic rings. The third-order valence-corrected chi connectivity index (χ3v) is 8.05. The van der Waals surface area contributed by atoms with Gasteiger partial charge in [0.1, 0.15) is 6.10 Å². The fraction of sp³-hybridized carbons (Fsp3) is 0.382. The second kappa shape index (κ2) is 15.5. The van der Waals surface area contributed by atoms with Gasteiger partial charge in [-0.3, -0.25) is 4.90 Å². The summed E-state index contributed by atoms with van der Waals surface area (Å²) in [6.07, 6.45) is -0.187. The molecule has 2 heterocycles. The molecule has 5 rings (SSSR count). The van der Waals surface area contributed by atoms with Crippen LogP contribution in [0, 0.1) is 0 Å². The summed E-state index contributed by atoms with van der Waals surface area (Å²) in [5, 5.41) is 2.80. The van der Waals surface area contributed by atoms with E-state index in [0.29, 0.717) is 38.5 Å². The van der Waals surface area contributed by atoms with Crippen LogP contribution in [-0.2, 0) is 18.9 Å². The molecule has 2 amide bonds. The number of morpholine rings is 1. The van der Waals surface area contributed by atoms with Crippen molar-refractivity contribution in [3.8, 4) is 0 Å². The van der Waals surface area contributed by atoms with Gasteiger partial charge in [-0.2, -0.15) is 0 Å². The molecular weight excluding hydrogens is 576 g/mol. The first-order chi connectivity index (χ1) is 21.9. The van der Waals surface area contributed by atoms with Crippen LogP contribution in [0.3, 0.4) is 0 Å². The Morgan fingerprint density at radius 1 is 0.778 bits per heavy atom. The molecule has 3 aromatic rings. The quantitative estimate of drug-likeness (QED) is 0.338. The molecule has 0 aromatic heterocycles. The zero-order valence-electron chi connectivity index (χ0n) is 25.8. The third kappa shape index (κ3) is 8.39. The molecule has 0 aliphatic carbocycles. The monoisotopic (exact) mass is 616 g/mol. The highest BCUT2D eigenvalue weighted by atomic mass is 16.5. The van der Waals surface area contributed by atoms with Crippen LogP contribution >= 0.6 is 0 Å². The van der Waals surface area contributed by atoms with Crippen molar-refractivity contribution in [2.75, 3.05) is 90.1 Å². The number of carbonyl (C=O) groups is 3. The Bertz CT molecular complexity index is 1400. The first-order valence-electron chi connectivity index (χ1n) is 15.1. The number of hydrogen-bond acceptors (Lipinski definition) is 9. The molecule has 2 fully saturated rings. The van der Waals surface area contributed by atoms with Gasteiger partial charge in [-0.25, -0.2) is 14.4 Å². The maximum Gasteiger partial charge on any atom is 0.337 e. The summed E-state index contributed by atoms with van der Waals surface area (Å²) in [5.41, 5.74) is 3.99. The Kier molecular flexibility index (Phi) is 11.0. The Morgan fingerprint density at radius 2 is 1.38 bits per heavy atom. The van der Waals surface area contributed by atoms with Gasteiger partial charge in [0.15, 0.2) is 0 Å². The fourth-order valence-corrected chi connectivity index (χ4v) is 5.54. The van der Waals surface area contributed by atoms with Gasteiger partial charge in [0.25, 0.3) is 0 Å². The fourth-order valence-electron chi connectivity index (χ4n) is 5.54. The van der Waals surface area contributed by atoms with Gasteiger partial charge in [0, 0.05) is 57.2 Å². The lowest BCUT2D eigenvalue weighted by Gasteiger charge is -2.35. The SMILES string of the molecule is COC(=O)c1cc(NC(=O)N2CCN(CCOC(c3ccccc3)c3ccc(N4CCOCC4)cc3)CC2)cc(C(=O)OC)c1. The van der Waals surface area contributed by atoms with Crippen LogP contribution < -0.4 is 10.2 Å². The molecule has 238 valence electrons. The summed E-state index contributed by atoms with van der Waals surface area (Å²) in [7, 11) is 2.50. The smallest absolute Gasteiger partial charge is 0.337 e. The third-order valence-electron chi connectivity index (χ3n) is 8.05. The van der Waals surface area contributed by atoms with Crippen LogP contribution in [0.1, 0.15) is 37.9 Å². The number of carbonyl (C=O) groups excluding carboxylic acids is 3. The zero-order valence-corrected chi connectivity index (χ0v) is 25.8. The van der Waals surface area contributed by atoms with E-state index in [4.69, 9.17) is 18.9 Å². The van der Waals surface area contributed by atoms with Crippen molar-refractivity contribution >= 4 is 29.3 Å². The van der Waals surface area contributed by atoms with Crippen molar-refractivity contribution in [1.82, 2.24) is 9.80 Å². The number of nitrogens with zero attached hydrogens (tertiary/aromatic N) is 3. The van der Waals surface area contributed by atoms with E-state index >= 15 is 0 Å². The molecule has 1 atom stereocenters. The van der Waals surface area contributed by atoms with Crippen LogP contribution in [0.5, 0.6) is 0 Å². The zero-order chi connectivity index (χ0) is 31.6. The Labute approximate surface area is 263 Å². The van der Waals surface area contributed by atoms with E-state index in [1.807, 2.05) is 18.2 Å². The van der Waals surface area contributed by atoms with Crippen molar-refractivity contribution in [2.24, 2.45) is 0 Å². The lowest BCUT2D eigenvalue weighted by molar-refractivity contribution is 0.0498. The number of urea groups is 1. The number of ether oxygens (including phenoxy) is 4. The molecule has 3 aromatic carbocycles. The minimum Gasteiger partial charge on any atom is -0.465 e. The lowest BCUT2D eigenvalue weighted by Crippen LogP contribution is -2.50. The molecule has 0 spiro atoms. The maximum atomic E-state index is 13.0. The van der Waals surface area contributed by atoms with Crippen molar-refractivity contribution < 1.29 is 33.3 Å². The predicted octanol–water partition coefficient (Wildman–Crippen LogP) is 4.05. The van der Waals surface area contributed by atoms with E-state index in [-0.39, 0.29) is 23.3 Å². The topological polar surface area (TPSA) is 110 Å². The molecule has 2 saturated heterocycles. The maximum absolute atomic E-state index is 13.0. The number of anilines is 2. The van der Waals surface area contributed by atoms with Crippen molar-refractivity contribution in [1.29, 1.82) is 0 Å². The van der Waals surface area contributed by atoms with Crippen LogP contribution in [0.15, 0.2) is 72.8 Å². The van der Waals surface area contributed by atoms with E-state index < -0.39 is 11.9 Å². The molecule has 11 nitrogen and oxygen atoms in total. The first-order valence-corrected chi connectivity index (χ1v) is 15.1. The van der Waals surface area contributed by atoms with E-state index in [1.54, 1.807) is 4.90 Å². The van der Waals surface area contributed by atoms with Crippen LogP contribution in [0.2, 0.25) is 0 Å². The van der Waals surface area contributed by atoms with Gasteiger partial charge in [0.05, 0.1) is 45.2 Å². The summed E-state index contributed by atoms with van der Waals surface area (Å²) in [5.74, 6) is -1.24. The van der Waals surface area contributed by atoms with E-state index in [0.717, 1.165) is 44.0 Å². The van der Waals surface area contributed by atoms with Crippen molar-refractivity contribution in [2.45, 2.75) is 6.10 Å². The van der Waals surface area contributed by atoms with Gasteiger partial charge < -0.3 is 34.1 Å². The summed E-state index contributed by atoms with van der Waals surface area (Å²) < 4.78 is 21.5. The summed E-state index contributed by atoms with van der Waals surface area (Å²) in [6.45, 7) is 6.99. The summed E-state index contributed by atoms with van der Waals surface area (Å²) in [6, 6.07) is 22.9. The largest absolute Gasteiger partial charge is 0.465 e. The molecule has 0 bridgehead atoms. The van der Waals surface area contributed by atoms with Gasteiger partial charge >= 0.3 is 18.0 Å². The van der Waals surface area contributed by atoms with Gasteiger partial charge in [-0.05, 0) is 41.5 Å². The van der Waals surface area contributed by atoms with E-state index in [2.05, 4.69) is 51.5 Å². The summed E-state index contributed by atoms with van der Waals surface area (Å²) in [4.78, 5) is 43.6. The molecule has 45 heavy (non-hydrogen) atoms.